The highest BCUT2D eigenvalue weighted by atomic mass is 79.9. The number of nitrogens with zero attached hydrogens (tertiary/aromatic N) is 3. The zero-order chi connectivity index (χ0) is 16.4. The van der Waals surface area contributed by atoms with Crippen LogP contribution in [0.5, 0.6) is 0 Å². The molecule has 23 heavy (non-hydrogen) atoms. The molecular weight excluding hydrogens is 378 g/mol. The molecule has 8 heteroatoms. The largest absolute Gasteiger partial charge is 0.353 e. The number of amides is 1. The molecule has 1 atom stereocenters. The molecular formula is C15H18BrN5OS. The Morgan fingerprint density at radius 3 is 3.00 bits per heavy atom. The standard InChI is InChI=1S/C15H18BrN5OS/c1-9(10-5-6-10)18-13(22)8-23-15-20-19-14(21(15)17)11-3-2-4-12(16)7-11/h2-4,7,9-10H,5-6,8,17H2,1H3,(H,18,22)/t9-/m1/s1. The Morgan fingerprint density at radius 2 is 2.30 bits per heavy atom. The maximum Gasteiger partial charge on any atom is 0.230 e. The first-order valence-electron chi connectivity index (χ1n) is 7.43. The molecule has 122 valence electrons. The van der Waals surface area contributed by atoms with E-state index in [4.69, 9.17) is 5.84 Å². The molecule has 1 heterocycles. The zero-order valence-electron chi connectivity index (χ0n) is 12.7. The Bertz CT molecular complexity index is 716. The molecule has 0 saturated heterocycles. The number of aromatic nitrogens is 3. The number of nitrogen functional groups attached to an aromatic ring is 1. The molecule has 1 aromatic heterocycles. The number of hydrogen-bond donors (Lipinski definition) is 2. The summed E-state index contributed by atoms with van der Waals surface area (Å²) in [7, 11) is 0. The first-order valence-corrected chi connectivity index (χ1v) is 9.21. The Hall–Kier alpha value is -1.54. The van der Waals surface area contributed by atoms with Crippen LogP contribution in [-0.4, -0.2) is 32.6 Å². The van der Waals surface area contributed by atoms with Crippen molar-refractivity contribution in [1.82, 2.24) is 20.2 Å². The van der Waals surface area contributed by atoms with Gasteiger partial charge in [0, 0.05) is 16.1 Å². The fourth-order valence-electron chi connectivity index (χ4n) is 2.34. The van der Waals surface area contributed by atoms with Gasteiger partial charge in [0.25, 0.3) is 0 Å². The van der Waals surface area contributed by atoms with Crippen molar-refractivity contribution in [2.75, 3.05) is 11.6 Å². The molecule has 2 aromatic rings. The lowest BCUT2D eigenvalue weighted by Gasteiger charge is -2.12. The first-order chi connectivity index (χ1) is 11.0. The quantitative estimate of drug-likeness (QED) is 0.579. The topological polar surface area (TPSA) is 85.8 Å². The number of carbonyl (C=O) groups excluding carboxylic acids is 1. The molecule has 6 nitrogen and oxygen atoms in total. The minimum Gasteiger partial charge on any atom is -0.353 e. The summed E-state index contributed by atoms with van der Waals surface area (Å²) in [4.78, 5) is 12.0. The molecule has 1 amide bonds. The number of benzene rings is 1. The smallest absolute Gasteiger partial charge is 0.230 e. The van der Waals surface area contributed by atoms with Gasteiger partial charge >= 0.3 is 0 Å². The van der Waals surface area contributed by atoms with Gasteiger partial charge < -0.3 is 11.2 Å². The molecule has 3 rings (SSSR count). The number of hydrogen-bond acceptors (Lipinski definition) is 5. The van der Waals surface area contributed by atoms with Crippen LogP contribution in [-0.2, 0) is 4.79 Å². The zero-order valence-corrected chi connectivity index (χ0v) is 15.1. The maximum absolute atomic E-state index is 12.0. The molecule has 1 saturated carbocycles. The van der Waals surface area contributed by atoms with Gasteiger partial charge in [0.15, 0.2) is 5.82 Å². The maximum atomic E-state index is 12.0. The van der Waals surface area contributed by atoms with E-state index in [2.05, 4.69) is 38.4 Å². The third-order valence-electron chi connectivity index (χ3n) is 3.80. The Morgan fingerprint density at radius 1 is 1.52 bits per heavy atom. The number of carbonyl (C=O) groups is 1. The second-order valence-electron chi connectivity index (χ2n) is 5.67. The van der Waals surface area contributed by atoms with E-state index in [0.717, 1.165) is 10.0 Å². The third kappa shape index (κ3) is 4.06. The van der Waals surface area contributed by atoms with Crippen LogP contribution in [0.15, 0.2) is 33.9 Å². The van der Waals surface area contributed by atoms with Gasteiger partial charge in [0.2, 0.25) is 11.1 Å². The number of thioether (sulfide) groups is 1. The van der Waals surface area contributed by atoms with Crippen molar-refractivity contribution in [2.45, 2.75) is 31.0 Å². The van der Waals surface area contributed by atoms with Crippen LogP contribution >= 0.6 is 27.7 Å². The summed E-state index contributed by atoms with van der Waals surface area (Å²) in [5.41, 5.74) is 0.869. The second-order valence-corrected chi connectivity index (χ2v) is 7.53. The van der Waals surface area contributed by atoms with Gasteiger partial charge in [0.05, 0.1) is 5.75 Å². The van der Waals surface area contributed by atoms with Gasteiger partial charge in [-0.25, -0.2) is 4.68 Å². The lowest BCUT2D eigenvalue weighted by Crippen LogP contribution is -2.35. The molecule has 1 aliphatic rings. The Labute approximate surface area is 147 Å². The molecule has 1 aromatic carbocycles. The summed E-state index contributed by atoms with van der Waals surface area (Å²) in [6.45, 7) is 2.05. The highest BCUT2D eigenvalue weighted by Crippen LogP contribution is 2.32. The third-order valence-corrected chi connectivity index (χ3v) is 5.23. The molecule has 3 N–H and O–H groups in total. The van der Waals surface area contributed by atoms with E-state index in [0.29, 0.717) is 16.9 Å². The molecule has 1 aliphatic carbocycles. The summed E-state index contributed by atoms with van der Waals surface area (Å²) < 4.78 is 2.37. The van der Waals surface area contributed by atoms with E-state index >= 15 is 0 Å². The Balaban J connectivity index is 1.62. The van der Waals surface area contributed by atoms with Crippen molar-refractivity contribution in [3.63, 3.8) is 0 Å². The van der Waals surface area contributed by atoms with Crippen molar-refractivity contribution >= 4 is 33.6 Å². The van der Waals surface area contributed by atoms with Crippen molar-refractivity contribution in [2.24, 2.45) is 5.92 Å². The van der Waals surface area contributed by atoms with Crippen molar-refractivity contribution in [1.29, 1.82) is 0 Å². The van der Waals surface area contributed by atoms with Gasteiger partial charge in [-0.15, -0.1) is 10.2 Å². The monoisotopic (exact) mass is 395 g/mol. The number of rotatable bonds is 6. The molecule has 1 fully saturated rings. The predicted octanol–water partition coefficient (Wildman–Crippen LogP) is 2.43. The van der Waals surface area contributed by atoms with E-state index < -0.39 is 0 Å². The summed E-state index contributed by atoms with van der Waals surface area (Å²) in [6.07, 6.45) is 2.42. The van der Waals surface area contributed by atoms with Crippen LogP contribution in [0.2, 0.25) is 0 Å². The SMILES string of the molecule is C[C@@H](NC(=O)CSc1nnc(-c2cccc(Br)c2)n1N)C1CC1. The van der Waals surface area contributed by atoms with Crippen molar-refractivity contribution < 1.29 is 4.79 Å². The molecule has 0 unspecified atom stereocenters. The number of nitrogens with one attached hydrogen (secondary N) is 1. The Kier molecular flexibility index (Phi) is 4.91. The molecule has 0 bridgehead atoms. The van der Waals surface area contributed by atoms with Crippen LogP contribution in [0.25, 0.3) is 11.4 Å². The van der Waals surface area contributed by atoms with E-state index in [1.54, 1.807) is 0 Å². The van der Waals surface area contributed by atoms with E-state index in [1.807, 2.05) is 24.3 Å². The van der Waals surface area contributed by atoms with Crippen LogP contribution in [0.3, 0.4) is 0 Å². The summed E-state index contributed by atoms with van der Waals surface area (Å²) in [6, 6.07) is 7.92. The van der Waals surface area contributed by atoms with Gasteiger partial charge in [-0.1, -0.05) is 39.8 Å². The van der Waals surface area contributed by atoms with E-state index in [1.165, 1.54) is 29.3 Å². The first kappa shape index (κ1) is 16.3. The van der Waals surface area contributed by atoms with Crippen LogP contribution in [0.1, 0.15) is 19.8 Å². The van der Waals surface area contributed by atoms with Crippen LogP contribution in [0, 0.1) is 5.92 Å². The predicted molar refractivity (Wildman–Crippen MR) is 94.4 cm³/mol. The molecule has 0 aliphatic heterocycles. The van der Waals surface area contributed by atoms with Gasteiger partial charge in [0.1, 0.15) is 0 Å². The normalized spacial score (nSPS) is 15.4. The fourth-order valence-corrected chi connectivity index (χ4v) is 3.41. The number of halogens is 1. The summed E-state index contributed by atoms with van der Waals surface area (Å²) >= 11 is 4.71. The molecule has 0 spiro atoms. The lowest BCUT2D eigenvalue weighted by molar-refractivity contribution is -0.119. The summed E-state index contributed by atoms with van der Waals surface area (Å²) in [5.74, 6) is 7.55. The second kappa shape index (κ2) is 6.92. The van der Waals surface area contributed by atoms with Crippen molar-refractivity contribution in [3.05, 3.63) is 28.7 Å². The van der Waals surface area contributed by atoms with E-state index in [9.17, 15) is 4.79 Å². The molecule has 0 radical (unpaired) electrons. The number of nitrogens with two attached hydrogens (primary N) is 1. The highest BCUT2D eigenvalue weighted by molar-refractivity contribution is 9.10. The lowest BCUT2D eigenvalue weighted by atomic mass is 10.2. The van der Waals surface area contributed by atoms with Gasteiger partial charge in [-0.2, -0.15) is 0 Å². The van der Waals surface area contributed by atoms with Crippen LogP contribution < -0.4 is 11.2 Å². The summed E-state index contributed by atoms with van der Waals surface area (Å²) in [5, 5.41) is 11.7. The van der Waals surface area contributed by atoms with Crippen LogP contribution in [0.4, 0.5) is 0 Å². The average Bonchev–Trinajstić information content (AvgIpc) is 3.30. The minimum atomic E-state index is 0.00130. The fraction of sp³-hybridized carbons (Fsp3) is 0.400. The van der Waals surface area contributed by atoms with Gasteiger partial charge in [-0.05, 0) is 37.8 Å². The van der Waals surface area contributed by atoms with Crippen molar-refractivity contribution in [3.8, 4) is 11.4 Å². The highest BCUT2D eigenvalue weighted by Gasteiger charge is 2.28. The minimum absolute atomic E-state index is 0.00130. The average molecular weight is 396 g/mol. The van der Waals surface area contributed by atoms with E-state index in [-0.39, 0.29) is 17.7 Å². The van der Waals surface area contributed by atoms with Gasteiger partial charge in [-0.3, -0.25) is 4.79 Å².